The summed E-state index contributed by atoms with van der Waals surface area (Å²) < 4.78 is 55.7. The molecule has 3 unspecified atom stereocenters. The van der Waals surface area contributed by atoms with Crippen molar-refractivity contribution in [1.82, 2.24) is 0 Å². The van der Waals surface area contributed by atoms with Crippen LogP contribution in [0.5, 0.6) is 0 Å². The molecule has 1 saturated heterocycles. The minimum atomic E-state index is -2.38. The predicted octanol–water partition coefficient (Wildman–Crippen LogP) is 7.57. The molecule has 0 aromatic heterocycles. The predicted molar refractivity (Wildman–Crippen MR) is 155 cm³/mol. The van der Waals surface area contributed by atoms with Crippen molar-refractivity contribution < 1.29 is 32.0 Å². The van der Waals surface area contributed by atoms with E-state index in [0.717, 1.165) is 31.8 Å². The fraction of sp³-hybridized carbons (Fsp3) is 0.778. The van der Waals surface area contributed by atoms with Crippen LogP contribution in [0.25, 0.3) is 0 Å². The Morgan fingerprint density at radius 3 is 1.78 bits per heavy atom. The third-order valence-corrected chi connectivity index (χ3v) is 9.01. The van der Waals surface area contributed by atoms with Gasteiger partial charge >= 0.3 is 0 Å². The van der Waals surface area contributed by atoms with E-state index in [9.17, 15) is 13.7 Å². The van der Waals surface area contributed by atoms with E-state index in [1.807, 2.05) is 13.0 Å². The molecule has 3 aliphatic rings. The van der Waals surface area contributed by atoms with Crippen LogP contribution in [0.15, 0.2) is 24.3 Å². The number of hydrogen-bond acceptors (Lipinski definition) is 7. The molecule has 7 nitrogen and oxygen atoms in total. The van der Waals surface area contributed by atoms with Gasteiger partial charge in [0.15, 0.2) is 22.1 Å². The zero-order valence-electron chi connectivity index (χ0n) is 24.2. The number of fused-ring (bicyclic) bond motifs is 1. The monoisotopic (exact) mass is 578 g/mol. The van der Waals surface area contributed by atoms with E-state index in [0.29, 0.717) is 18.4 Å². The Kier molecular flexibility index (Phi) is 12.4. The molecule has 37 heavy (non-hydrogen) atoms. The van der Waals surface area contributed by atoms with Gasteiger partial charge in [-0.15, -0.1) is 0 Å². The maximum atomic E-state index is 11.6. The lowest BCUT2D eigenvalue weighted by Crippen LogP contribution is -2.18. The molecule has 1 heterocycles. The van der Waals surface area contributed by atoms with Crippen molar-refractivity contribution in [2.75, 3.05) is 53.2 Å². The van der Waals surface area contributed by atoms with Crippen LogP contribution in [0.2, 0.25) is 0 Å². The topological polar surface area (TPSA) is 88.1 Å². The van der Waals surface area contributed by atoms with Gasteiger partial charge in [-0.2, -0.15) is 0 Å². The molecule has 0 radical (unpaired) electrons. The minimum absolute atomic E-state index is 0.0378. The lowest BCUT2D eigenvalue weighted by molar-refractivity contribution is 0.142. The first-order valence-corrected chi connectivity index (χ1v) is 20.8. The molecule has 4 rings (SSSR count). The zero-order chi connectivity index (χ0) is 28.0. The van der Waals surface area contributed by atoms with E-state index in [-0.39, 0.29) is 18.3 Å². The normalized spacial score (nSPS) is 29.6. The average molecular weight is 579 g/mol. The van der Waals surface area contributed by atoms with Crippen molar-refractivity contribution in [1.29, 1.82) is 0 Å². The number of benzene rings is 1. The van der Waals surface area contributed by atoms with Crippen LogP contribution < -0.4 is 0 Å². The maximum Gasteiger partial charge on any atom is 0.197 e. The second kappa shape index (κ2) is 13.9. The van der Waals surface area contributed by atoms with Gasteiger partial charge in [0.1, 0.15) is 0 Å². The van der Waals surface area contributed by atoms with Gasteiger partial charge in [0.25, 0.3) is 0 Å². The van der Waals surface area contributed by atoms with Crippen molar-refractivity contribution in [2.45, 2.75) is 70.7 Å². The van der Waals surface area contributed by atoms with E-state index in [1.54, 1.807) is 40.0 Å². The van der Waals surface area contributed by atoms with Crippen LogP contribution in [-0.4, -0.2) is 71.5 Å². The second-order valence-electron chi connectivity index (χ2n) is 11.9. The maximum absolute atomic E-state index is 11.6. The van der Waals surface area contributed by atoms with Gasteiger partial charge in [0, 0.05) is 51.8 Å². The summed E-state index contributed by atoms with van der Waals surface area (Å²) in [5, 5.41) is 0. The summed E-state index contributed by atoms with van der Waals surface area (Å²) in [5.41, 5.74) is 2.68. The smallest absolute Gasteiger partial charge is 0.197 e. The van der Waals surface area contributed by atoms with E-state index in [2.05, 4.69) is 32.0 Å². The van der Waals surface area contributed by atoms with E-state index in [1.165, 1.54) is 17.5 Å². The third kappa shape index (κ3) is 12.6. The average Bonchev–Trinajstić information content (AvgIpc) is 3.40. The SMILES string of the molecule is C[C@@H]1CCC(OP(C)(C)=O)C1.C[C@@H]1COCC1OP(C)(C)=O.C[C@@H]1c2ccccc2CC1OP(C)(C)=O. The molecule has 1 aromatic carbocycles. The van der Waals surface area contributed by atoms with Gasteiger partial charge in [0.05, 0.1) is 31.5 Å². The second-order valence-corrected chi connectivity index (χ2v) is 20.0. The van der Waals surface area contributed by atoms with E-state index >= 15 is 0 Å². The summed E-state index contributed by atoms with van der Waals surface area (Å²) in [6.45, 7) is 17.8. The largest absolute Gasteiger partial charge is 0.378 e. The van der Waals surface area contributed by atoms with Crippen molar-refractivity contribution >= 4 is 22.1 Å². The quantitative estimate of drug-likeness (QED) is 0.322. The lowest BCUT2D eigenvalue weighted by atomic mass is 10.0. The molecule has 1 aliphatic heterocycles. The van der Waals surface area contributed by atoms with Crippen LogP contribution in [0, 0.1) is 11.8 Å². The van der Waals surface area contributed by atoms with Crippen LogP contribution >= 0.6 is 22.1 Å². The van der Waals surface area contributed by atoms with Gasteiger partial charge < -0.3 is 18.3 Å². The molecule has 1 saturated carbocycles. The fourth-order valence-corrected chi connectivity index (χ4v) is 7.66. The standard InChI is InChI=1S/C12H17O2P.C8H17O2P.C7H15O3P/c1-9-11-7-5-4-6-10(11)8-12(9)14-15(2,3)13;1-7-4-5-8(6-7)10-11(2,3)9;1-6-4-9-5-7(6)10-11(2,3)8/h4-7,9,12H,8H2,1-3H3;7-8H,4-6H2,1-3H3;6-7H,4-5H2,1-3H3/t9-,12?;7-,8?;6-,7?/m111/s1. The molecule has 0 bridgehead atoms. The molecule has 0 N–H and O–H groups in total. The molecule has 0 spiro atoms. The van der Waals surface area contributed by atoms with Crippen molar-refractivity contribution in [3.05, 3.63) is 35.4 Å². The summed E-state index contributed by atoms with van der Waals surface area (Å²) in [7, 11) is -6.95. The first-order chi connectivity index (χ1) is 16.9. The Bertz CT molecular complexity index is 995. The summed E-state index contributed by atoms with van der Waals surface area (Å²) in [6.07, 6.45) is 4.69. The molecule has 10 heteroatoms. The van der Waals surface area contributed by atoms with E-state index < -0.39 is 22.1 Å². The van der Waals surface area contributed by atoms with Crippen molar-refractivity contribution in [3.8, 4) is 0 Å². The van der Waals surface area contributed by atoms with Crippen LogP contribution in [0.1, 0.15) is 57.1 Å². The molecule has 214 valence electrons. The molecule has 2 aliphatic carbocycles. The van der Waals surface area contributed by atoms with Gasteiger partial charge in [-0.25, -0.2) is 0 Å². The molecule has 0 amide bonds. The van der Waals surface area contributed by atoms with Crippen LogP contribution in [0.3, 0.4) is 0 Å². The first kappa shape index (κ1) is 33.0. The Hall–Kier alpha value is -0.250. The van der Waals surface area contributed by atoms with Gasteiger partial charge in [-0.1, -0.05) is 45.0 Å². The van der Waals surface area contributed by atoms with Gasteiger partial charge in [-0.3, -0.25) is 13.7 Å². The zero-order valence-corrected chi connectivity index (χ0v) is 26.9. The fourth-order valence-electron chi connectivity index (χ4n) is 4.92. The Balaban J connectivity index is 0.000000199. The highest BCUT2D eigenvalue weighted by molar-refractivity contribution is 7.57. The highest BCUT2D eigenvalue weighted by Gasteiger charge is 2.32. The molecule has 2 fully saturated rings. The van der Waals surface area contributed by atoms with Crippen LogP contribution in [-0.2, 0) is 38.4 Å². The number of ether oxygens (including phenoxy) is 1. The minimum Gasteiger partial charge on any atom is -0.378 e. The van der Waals surface area contributed by atoms with E-state index in [4.69, 9.17) is 18.3 Å². The Labute approximate surface area is 225 Å². The van der Waals surface area contributed by atoms with Crippen molar-refractivity contribution in [3.63, 3.8) is 0 Å². The van der Waals surface area contributed by atoms with Crippen molar-refractivity contribution in [2.24, 2.45) is 11.8 Å². The Morgan fingerprint density at radius 1 is 0.757 bits per heavy atom. The molecular weight excluding hydrogens is 529 g/mol. The third-order valence-electron chi connectivity index (χ3n) is 6.65. The van der Waals surface area contributed by atoms with Gasteiger partial charge in [-0.05, 0) is 42.7 Å². The number of rotatable bonds is 6. The Morgan fingerprint density at radius 2 is 1.32 bits per heavy atom. The summed E-state index contributed by atoms with van der Waals surface area (Å²) in [5.74, 6) is 1.49. The highest BCUT2D eigenvalue weighted by Crippen LogP contribution is 2.46. The molecule has 6 atom stereocenters. The van der Waals surface area contributed by atoms with Gasteiger partial charge in [0.2, 0.25) is 0 Å². The summed E-state index contributed by atoms with van der Waals surface area (Å²) in [4.78, 5) is 0. The molecular formula is C27H49O7P3. The lowest BCUT2D eigenvalue weighted by Gasteiger charge is -2.19. The highest BCUT2D eigenvalue weighted by atomic mass is 31.2. The van der Waals surface area contributed by atoms with Crippen LogP contribution in [0.4, 0.5) is 0 Å². The summed E-state index contributed by atoms with van der Waals surface area (Å²) >= 11 is 0. The number of hydrogen-bond donors (Lipinski definition) is 0. The summed E-state index contributed by atoms with van der Waals surface area (Å²) in [6, 6.07) is 8.37. The first-order valence-electron chi connectivity index (χ1n) is 13.3. The molecule has 1 aromatic rings.